The van der Waals surface area contributed by atoms with Crippen LogP contribution in [0.3, 0.4) is 0 Å². The summed E-state index contributed by atoms with van der Waals surface area (Å²) in [5.74, 6) is -0.456. The van der Waals surface area contributed by atoms with E-state index in [0.29, 0.717) is 6.29 Å². The van der Waals surface area contributed by atoms with Crippen LogP contribution in [0.1, 0.15) is 16.1 Å². The van der Waals surface area contributed by atoms with Crippen LogP contribution in [0.25, 0.3) is 0 Å². The lowest BCUT2D eigenvalue weighted by Crippen LogP contribution is -2.10. The zero-order chi connectivity index (χ0) is 10.8. The first-order valence-corrected chi connectivity index (χ1v) is 3.55. The number of hydrogen-bond acceptors (Lipinski definition) is 3. The van der Waals surface area contributed by atoms with Crippen molar-refractivity contribution < 1.29 is 22.7 Å². The van der Waals surface area contributed by atoms with Gasteiger partial charge in [0.05, 0.1) is 7.11 Å². The lowest BCUT2D eigenvalue weighted by atomic mass is 10.2. The van der Waals surface area contributed by atoms with Crippen LogP contribution in [-0.2, 0) is 6.18 Å². The van der Waals surface area contributed by atoms with Crippen molar-refractivity contribution in [2.24, 2.45) is 0 Å². The molecule has 0 amide bonds. The fourth-order valence-electron chi connectivity index (χ4n) is 0.893. The van der Waals surface area contributed by atoms with Crippen molar-refractivity contribution in [3.05, 3.63) is 23.5 Å². The van der Waals surface area contributed by atoms with E-state index in [9.17, 15) is 18.0 Å². The van der Waals surface area contributed by atoms with E-state index in [1.54, 1.807) is 0 Å². The molecule has 0 N–H and O–H groups in total. The summed E-state index contributed by atoms with van der Waals surface area (Å²) in [5, 5.41) is 0. The van der Waals surface area contributed by atoms with Crippen molar-refractivity contribution in [1.29, 1.82) is 0 Å². The van der Waals surface area contributed by atoms with Crippen molar-refractivity contribution in [3.8, 4) is 5.75 Å². The van der Waals surface area contributed by atoms with Crippen LogP contribution in [0.5, 0.6) is 5.75 Å². The SMILES string of the molecule is COc1cc(C=O)cnc1C(F)(F)F. The summed E-state index contributed by atoms with van der Waals surface area (Å²) in [5.41, 5.74) is -1.10. The van der Waals surface area contributed by atoms with Crippen LogP contribution in [0.2, 0.25) is 0 Å². The van der Waals surface area contributed by atoms with E-state index in [1.165, 1.54) is 0 Å². The Kier molecular flexibility index (Phi) is 2.73. The largest absolute Gasteiger partial charge is 0.494 e. The average molecular weight is 205 g/mol. The molecule has 1 aromatic heterocycles. The first-order chi connectivity index (χ1) is 6.49. The van der Waals surface area contributed by atoms with Crippen molar-refractivity contribution in [2.45, 2.75) is 6.18 Å². The summed E-state index contributed by atoms with van der Waals surface area (Å²) < 4.78 is 41.2. The third-order valence-electron chi connectivity index (χ3n) is 1.50. The number of aromatic nitrogens is 1. The highest BCUT2D eigenvalue weighted by atomic mass is 19.4. The Labute approximate surface area is 77.5 Å². The van der Waals surface area contributed by atoms with E-state index >= 15 is 0 Å². The number of hydrogen-bond donors (Lipinski definition) is 0. The number of ether oxygens (including phenoxy) is 1. The van der Waals surface area contributed by atoms with E-state index in [4.69, 9.17) is 0 Å². The lowest BCUT2D eigenvalue weighted by molar-refractivity contribution is -0.142. The van der Waals surface area contributed by atoms with E-state index in [-0.39, 0.29) is 5.56 Å². The minimum atomic E-state index is -4.58. The van der Waals surface area contributed by atoms with Crippen molar-refractivity contribution >= 4 is 6.29 Å². The highest BCUT2D eigenvalue weighted by molar-refractivity contribution is 5.75. The molecule has 0 radical (unpaired) electrons. The molecule has 0 fully saturated rings. The first kappa shape index (κ1) is 10.5. The Hall–Kier alpha value is -1.59. The molecule has 0 unspecified atom stereocenters. The van der Waals surface area contributed by atoms with Crippen molar-refractivity contribution in [1.82, 2.24) is 4.98 Å². The van der Waals surface area contributed by atoms with Gasteiger partial charge in [0.1, 0.15) is 5.75 Å². The van der Waals surface area contributed by atoms with Gasteiger partial charge in [-0.25, -0.2) is 4.98 Å². The van der Waals surface area contributed by atoms with Gasteiger partial charge < -0.3 is 4.74 Å². The highest BCUT2D eigenvalue weighted by Gasteiger charge is 2.36. The number of nitrogens with zero attached hydrogens (tertiary/aromatic N) is 1. The number of aldehydes is 1. The van der Waals surface area contributed by atoms with Crippen LogP contribution in [0, 0.1) is 0 Å². The molecule has 1 rings (SSSR count). The van der Waals surface area contributed by atoms with Crippen LogP contribution < -0.4 is 4.74 Å². The summed E-state index contributed by atoms with van der Waals surface area (Å²) in [4.78, 5) is 13.4. The fraction of sp³-hybridized carbons (Fsp3) is 0.250. The first-order valence-electron chi connectivity index (χ1n) is 3.55. The van der Waals surface area contributed by atoms with Gasteiger partial charge in [-0.1, -0.05) is 0 Å². The summed E-state index contributed by atoms with van der Waals surface area (Å²) >= 11 is 0. The third-order valence-corrected chi connectivity index (χ3v) is 1.50. The molecule has 0 atom stereocenters. The van der Waals surface area contributed by atoms with E-state index in [2.05, 4.69) is 9.72 Å². The zero-order valence-electron chi connectivity index (χ0n) is 7.13. The number of alkyl halides is 3. The smallest absolute Gasteiger partial charge is 0.437 e. The predicted molar refractivity (Wildman–Crippen MR) is 41.2 cm³/mol. The molecule has 6 heteroatoms. The number of carbonyl (C=O) groups excluding carboxylic acids is 1. The molecule has 0 saturated heterocycles. The standard InChI is InChI=1S/C8H6F3NO2/c1-14-6-2-5(4-13)3-12-7(6)8(9,10)11/h2-4H,1H3. The molecule has 0 bridgehead atoms. The van der Waals surface area contributed by atoms with Crippen molar-refractivity contribution in [2.75, 3.05) is 7.11 Å². The van der Waals surface area contributed by atoms with Gasteiger partial charge in [0.25, 0.3) is 0 Å². The molecule has 0 spiro atoms. The molecule has 1 heterocycles. The molecule has 1 aromatic rings. The average Bonchev–Trinajstić information content (AvgIpc) is 2.15. The summed E-state index contributed by atoms with van der Waals surface area (Å²) in [6.45, 7) is 0. The van der Waals surface area contributed by atoms with Crippen LogP contribution >= 0.6 is 0 Å². The Morgan fingerprint density at radius 3 is 2.57 bits per heavy atom. The summed E-state index contributed by atoms with van der Waals surface area (Å²) in [6, 6.07) is 0.989. The molecule has 0 aliphatic carbocycles. The molecular weight excluding hydrogens is 199 g/mol. The van der Waals surface area contributed by atoms with Gasteiger partial charge in [-0.2, -0.15) is 13.2 Å². The molecule has 0 aliphatic heterocycles. The van der Waals surface area contributed by atoms with E-state index in [1.807, 2.05) is 0 Å². The topological polar surface area (TPSA) is 39.2 Å². The van der Waals surface area contributed by atoms with Crippen LogP contribution in [-0.4, -0.2) is 18.4 Å². The normalized spacial score (nSPS) is 11.1. The number of rotatable bonds is 2. The Bertz CT molecular complexity index is 349. The van der Waals surface area contributed by atoms with Crippen molar-refractivity contribution in [3.63, 3.8) is 0 Å². The second kappa shape index (κ2) is 3.65. The van der Waals surface area contributed by atoms with Gasteiger partial charge in [-0.05, 0) is 6.07 Å². The van der Waals surface area contributed by atoms with Gasteiger partial charge in [-0.3, -0.25) is 4.79 Å². The zero-order valence-corrected chi connectivity index (χ0v) is 7.13. The van der Waals surface area contributed by atoms with Gasteiger partial charge in [0, 0.05) is 11.8 Å². The van der Waals surface area contributed by atoms with Gasteiger partial charge in [0.15, 0.2) is 12.0 Å². The number of pyridine rings is 1. The Morgan fingerprint density at radius 1 is 1.50 bits per heavy atom. The number of methoxy groups -OCH3 is 1. The quantitative estimate of drug-likeness (QED) is 0.692. The summed E-state index contributed by atoms with van der Waals surface area (Å²) in [7, 11) is 1.08. The minimum Gasteiger partial charge on any atom is -0.494 e. The summed E-state index contributed by atoms with van der Waals surface area (Å²) in [6.07, 6.45) is -3.33. The Morgan fingerprint density at radius 2 is 2.14 bits per heavy atom. The second-order valence-electron chi connectivity index (χ2n) is 2.44. The monoisotopic (exact) mass is 205 g/mol. The highest BCUT2D eigenvalue weighted by Crippen LogP contribution is 2.34. The molecule has 3 nitrogen and oxygen atoms in total. The number of carbonyl (C=O) groups is 1. The maximum atomic E-state index is 12.2. The fourth-order valence-corrected chi connectivity index (χ4v) is 0.893. The molecular formula is C8H6F3NO2. The van der Waals surface area contributed by atoms with Gasteiger partial charge >= 0.3 is 6.18 Å². The molecule has 0 saturated carbocycles. The predicted octanol–water partition coefficient (Wildman–Crippen LogP) is 1.92. The van der Waals surface area contributed by atoms with Crippen LogP contribution in [0.15, 0.2) is 12.3 Å². The van der Waals surface area contributed by atoms with Crippen LogP contribution in [0.4, 0.5) is 13.2 Å². The van der Waals surface area contributed by atoms with Gasteiger partial charge in [0.2, 0.25) is 0 Å². The molecule has 0 aromatic carbocycles. The van der Waals surface area contributed by atoms with E-state index < -0.39 is 17.6 Å². The maximum absolute atomic E-state index is 12.2. The number of halogens is 3. The Balaban J connectivity index is 3.25. The lowest BCUT2D eigenvalue weighted by Gasteiger charge is -2.10. The molecule has 76 valence electrons. The maximum Gasteiger partial charge on any atom is 0.437 e. The second-order valence-corrected chi connectivity index (χ2v) is 2.44. The third kappa shape index (κ3) is 2.01. The molecule has 14 heavy (non-hydrogen) atoms. The van der Waals surface area contributed by atoms with E-state index in [0.717, 1.165) is 19.4 Å². The molecule has 0 aliphatic rings. The minimum absolute atomic E-state index is 0.0369. The van der Waals surface area contributed by atoms with Gasteiger partial charge in [-0.15, -0.1) is 0 Å².